The van der Waals surface area contributed by atoms with Crippen molar-refractivity contribution in [1.82, 2.24) is 15.2 Å². The lowest BCUT2D eigenvalue weighted by Gasteiger charge is -2.34. The number of nitrogens with zero attached hydrogens (tertiary/aromatic N) is 2. The zero-order valence-electron chi connectivity index (χ0n) is 9.90. The first-order chi connectivity index (χ1) is 8.33. The molecule has 3 nitrogen and oxygen atoms in total. The number of hydrogen-bond acceptors (Lipinski definition) is 3. The molecule has 1 aliphatic heterocycles. The fourth-order valence-electron chi connectivity index (χ4n) is 2.57. The molecule has 3 rings (SSSR count). The average Bonchev–Trinajstić information content (AvgIpc) is 3.17. The van der Waals surface area contributed by atoms with Crippen molar-refractivity contribution < 1.29 is 0 Å². The minimum absolute atomic E-state index is 0.698. The summed E-state index contributed by atoms with van der Waals surface area (Å²) in [7, 11) is 0. The van der Waals surface area contributed by atoms with Crippen LogP contribution in [0.5, 0.6) is 0 Å². The van der Waals surface area contributed by atoms with E-state index in [0.717, 1.165) is 37.1 Å². The van der Waals surface area contributed by atoms with Gasteiger partial charge in [0.25, 0.3) is 0 Å². The fraction of sp³-hybridized carbons (Fsp3) is 0.615. The van der Waals surface area contributed by atoms with Gasteiger partial charge in [0, 0.05) is 44.6 Å². The van der Waals surface area contributed by atoms with Gasteiger partial charge in [0.2, 0.25) is 0 Å². The standard InChI is InChI=1S/C13H18ClN3/c14-12-7-15-4-3-11(12)8-17-6-5-16-13(9-17)10-1-2-10/h3-4,7,10,13,16H,1-2,5-6,8-9H2. The van der Waals surface area contributed by atoms with Gasteiger partial charge in [0.1, 0.15) is 0 Å². The predicted octanol–water partition coefficient (Wildman–Crippen LogP) is 1.92. The van der Waals surface area contributed by atoms with Crippen molar-refractivity contribution in [3.63, 3.8) is 0 Å². The third-order valence-electron chi connectivity index (χ3n) is 3.73. The normalized spacial score (nSPS) is 26.1. The number of aromatic nitrogens is 1. The molecule has 1 unspecified atom stereocenters. The highest BCUT2D eigenvalue weighted by atomic mass is 35.5. The van der Waals surface area contributed by atoms with Crippen LogP contribution in [0.15, 0.2) is 18.5 Å². The largest absolute Gasteiger partial charge is 0.311 e. The number of nitrogens with one attached hydrogen (secondary N) is 1. The number of piperazine rings is 1. The van der Waals surface area contributed by atoms with Crippen LogP contribution in [0, 0.1) is 5.92 Å². The summed E-state index contributed by atoms with van der Waals surface area (Å²) >= 11 is 6.15. The molecule has 2 aliphatic rings. The van der Waals surface area contributed by atoms with Gasteiger partial charge in [0.15, 0.2) is 0 Å². The Morgan fingerprint density at radius 3 is 3.12 bits per heavy atom. The summed E-state index contributed by atoms with van der Waals surface area (Å²) in [6.45, 7) is 4.32. The first kappa shape index (κ1) is 11.5. The molecular formula is C13H18ClN3. The van der Waals surface area contributed by atoms with Crippen molar-refractivity contribution in [2.24, 2.45) is 5.92 Å². The summed E-state index contributed by atoms with van der Waals surface area (Å²) in [4.78, 5) is 6.53. The fourth-order valence-corrected chi connectivity index (χ4v) is 2.75. The zero-order chi connectivity index (χ0) is 11.7. The molecule has 4 heteroatoms. The lowest BCUT2D eigenvalue weighted by molar-refractivity contribution is 0.181. The molecule has 0 aromatic carbocycles. The van der Waals surface area contributed by atoms with Crippen LogP contribution >= 0.6 is 11.6 Å². The Kier molecular flexibility index (Phi) is 3.32. The second-order valence-corrected chi connectivity index (χ2v) is 5.51. The first-order valence-electron chi connectivity index (χ1n) is 6.37. The Labute approximate surface area is 107 Å². The van der Waals surface area contributed by atoms with Gasteiger partial charge in [0.05, 0.1) is 5.02 Å². The molecule has 2 heterocycles. The molecule has 0 spiro atoms. The SMILES string of the molecule is Clc1cnccc1CN1CCNC(C2CC2)C1. The molecule has 1 atom stereocenters. The second-order valence-electron chi connectivity index (χ2n) is 5.10. The smallest absolute Gasteiger partial charge is 0.0634 e. The molecule has 0 amide bonds. The van der Waals surface area contributed by atoms with E-state index in [1.54, 1.807) is 6.20 Å². The maximum atomic E-state index is 6.15. The van der Waals surface area contributed by atoms with Crippen LogP contribution in [0.4, 0.5) is 0 Å². The molecule has 1 aromatic heterocycles. The van der Waals surface area contributed by atoms with Gasteiger partial charge in [-0.15, -0.1) is 0 Å². The van der Waals surface area contributed by atoms with Crippen molar-refractivity contribution in [2.75, 3.05) is 19.6 Å². The summed E-state index contributed by atoms with van der Waals surface area (Å²) in [5.74, 6) is 0.922. The van der Waals surface area contributed by atoms with Crippen LogP contribution in [0.1, 0.15) is 18.4 Å². The number of hydrogen-bond donors (Lipinski definition) is 1. The van der Waals surface area contributed by atoms with E-state index in [4.69, 9.17) is 11.6 Å². The lowest BCUT2D eigenvalue weighted by Crippen LogP contribution is -2.51. The summed E-state index contributed by atoms with van der Waals surface area (Å²) < 4.78 is 0. The van der Waals surface area contributed by atoms with E-state index in [0.29, 0.717) is 6.04 Å². The highest BCUT2D eigenvalue weighted by Crippen LogP contribution is 2.33. The van der Waals surface area contributed by atoms with Crippen LogP contribution in [0.2, 0.25) is 5.02 Å². The van der Waals surface area contributed by atoms with Crippen LogP contribution in [0.25, 0.3) is 0 Å². The van der Waals surface area contributed by atoms with Crippen LogP contribution in [0.3, 0.4) is 0 Å². The van der Waals surface area contributed by atoms with Crippen molar-refractivity contribution in [2.45, 2.75) is 25.4 Å². The highest BCUT2D eigenvalue weighted by molar-refractivity contribution is 6.31. The van der Waals surface area contributed by atoms with E-state index in [1.807, 2.05) is 12.3 Å². The molecule has 92 valence electrons. The lowest BCUT2D eigenvalue weighted by atomic mass is 10.1. The van der Waals surface area contributed by atoms with Gasteiger partial charge in [-0.1, -0.05) is 11.6 Å². The van der Waals surface area contributed by atoms with Crippen LogP contribution in [-0.4, -0.2) is 35.6 Å². The summed E-state index contributed by atoms with van der Waals surface area (Å²) in [6, 6.07) is 2.72. The Bertz CT molecular complexity index is 392. The Hall–Kier alpha value is -0.640. The number of rotatable bonds is 3. The highest BCUT2D eigenvalue weighted by Gasteiger charge is 2.33. The zero-order valence-corrected chi connectivity index (χ0v) is 10.7. The maximum absolute atomic E-state index is 6.15. The molecular weight excluding hydrogens is 234 g/mol. The van der Waals surface area contributed by atoms with Crippen LogP contribution < -0.4 is 5.32 Å². The Balaban J connectivity index is 1.62. The topological polar surface area (TPSA) is 28.2 Å². The maximum Gasteiger partial charge on any atom is 0.0634 e. The van der Waals surface area contributed by atoms with Crippen molar-refractivity contribution in [1.29, 1.82) is 0 Å². The van der Waals surface area contributed by atoms with Crippen molar-refractivity contribution in [3.8, 4) is 0 Å². The van der Waals surface area contributed by atoms with E-state index in [9.17, 15) is 0 Å². The molecule has 1 saturated heterocycles. The van der Waals surface area contributed by atoms with E-state index in [-0.39, 0.29) is 0 Å². The Morgan fingerprint density at radius 2 is 2.35 bits per heavy atom. The van der Waals surface area contributed by atoms with E-state index in [2.05, 4.69) is 15.2 Å². The number of halogens is 1. The average molecular weight is 252 g/mol. The second kappa shape index (κ2) is 4.92. The van der Waals surface area contributed by atoms with Crippen molar-refractivity contribution >= 4 is 11.6 Å². The molecule has 2 fully saturated rings. The van der Waals surface area contributed by atoms with Crippen molar-refractivity contribution in [3.05, 3.63) is 29.0 Å². The van der Waals surface area contributed by atoms with Gasteiger partial charge < -0.3 is 5.32 Å². The molecule has 0 bridgehead atoms. The monoisotopic (exact) mass is 251 g/mol. The molecule has 1 aliphatic carbocycles. The summed E-state index contributed by atoms with van der Waals surface area (Å²) in [6.07, 6.45) is 6.36. The first-order valence-corrected chi connectivity index (χ1v) is 6.75. The quantitative estimate of drug-likeness (QED) is 0.890. The van der Waals surface area contributed by atoms with Gasteiger partial charge >= 0.3 is 0 Å². The molecule has 17 heavy (non-hydrogen) atoms. The van der Waals surface area contributed by atoms with E-state index < -0.39 is 0 Å². The summed E-state index contributed by atoms with van der Waals surface area (Å²) in [5, 5.41) is 4.41. The van der Waals surface area contributed by atoms with E-state index in [1.165, 1.54) is 18.4 Å². The van der Waals surface area contributed by atoms with Gasteiger partial charge in [-0.25, -0.2) is 0 Å². The third-order valence-corrected chi connectivity index (χ3v) is 4.07. The van der Waals surface area contributed by atoms with E-state index >= 15 is 0 Å². The van der Waals surface area contributed by atoms with Gasteiger partial charge in [-0.05, 0) is 30.4 Å². The third kappa shape index (κ3) is 2.79. The molecule has 1 N–H and O–H groups in total. The minimum atomic E-state index is 0.698. The predicted molar refractivity (Wildman–Crippen MR) is 69.0 cm³/mol. The minimum Gasteiger partial charge on any atom is -0.311 e. The summed E-state index contributed by atoms with van der Waals surface area (Å²) in [5.41, 5.74) is 1.19. The van der Waals surface area contributed by atoms with Gasteiger partial charge in [-0.3, -0.25) is 9.88 Å². The molecule has 1 saturated carbocycles. The number of pyridine rings is 1. The van der Waals surface area contributed by atoms with Gasteiger partial charge in [-0.2, -0.15) is 0 Å². The Morgan fingerprint density at radius 1 is 1.47 bits per heavy atom. The molecule has 1 aromatic rings. The van der Waals surface area contributed by atoms with Crippen LogP contribution in [-0.2, 0) is 6.54 Å². The molecule has 0 radical (unpaired) electrons.